The van der Waals surface area contributed by atoms with Gasteiger partial charge in [-0.3, -0.25) is 9.59 Å². The van der Waals surface area contributed by atoms with Gasteiger partial charge in [-0.15, -0.1) is 0 Å². The van der Waals surface area contributed by atoms with Gasteiger partial charge in [0.2, 0.25) is 0 Å². The molecule has 2 atom stereocenters. The molecule has 3 rings (SSSR count). The Balaban J connectivity index is 2.22. The Morgan fingerprint density at radius 1 is 0.697 bits per heavy atom. The molecule has 0 N–H and O–H groups in total. The van der Waals surface area contributed by atoms with Crippen molar-refractivity contribution in [1.29, 1.82) is 0 Å². The molecule has 33 heavy (non-hydrogen) atoms. The first kappa shape index (κ1) is 25.4. The van der Waals surface area contributed by atoms with Gasteiger partial charge in [-0.25, -0.2) is 0 Å². The molecule has 1 aliphatic carbocycles. The maximum absolute atomic E-state index is 11.8. The minimum absolute atomic E-state index is 0.133. The molecular weight excluding hydrogens is 404 g/mol. The first-order chi connectivity index (χ1) is 16.1. The predicted octanol–water partition coefficient (Wildman–Crippen LogP) is 8.79. The van der Waals surface area contributed by atoms with Gasteiger partial charge in [0.15, 0.2) is 0 Å². The molecular formula is C31H42O2. The molecule has 0 aliphatic heterocycles. The number of aldehydes is 2. The summed E-state index contributed by atoms with van der Waals surface area (Å²) in [6.07, 6.45) is 13.9. The van der Waals surface area contributed by atoms with E-state index in [9.17, 15) is 9.59 Å². The molecule has 178 valence electrons. The van der Waals surface area contributed by atoms with E-state index in [0.29, 0.717) is 11.8 Å². The summed E-state index contributed by atoms with van der Waals surface area (Å²) in [5.41, 5.74) is 6.51. The third-order valence-electron chi connectivity index (χ3n) is 8.04. The Labute approximate surface area is 201 Å². The highest BCUT2D eigenvalue weighted by molar-refractivity contribution is 5.87. The van der Waals surface area contributed by atoms with Crippen LogP contribution in [0.1, 0.15) is 124 Å². The lowest BCUT2D eigenvalue weighted by atomic mass is 9.65. The number of hydrogen-bond acceptors (Lipinski definition) is 2. The van der Waals surface area contributed by atoms with Crippen molar-refractivity contribution >= 4 is 12.6 Å². The van der Waals surface area contributed by atoms with Gasteiger partial charge in [-0.05, 0) is 59.1 Å². The van der Waals surface area contributed by atoms with Crippen LogP contribution in [0, 0.1) is 11.8 Å². The maximum atomic E-state index is 11.8. The van der Waals surface area contributed by atoms with Crippen molar-refractivity contribution in [3.05, 3.63) is 58.7 Å². The number of unbranched alkanes of at least 4 members (excludes halogenated alkanes) is 2. The van der Waals surface area contributed by atoms with Crippen molar-refractivity contribution in [3.8, 4) is 11.1 Å². The molecule has 0 spiro atoms. The Bertz CT molecular complexity index is 864. The highest BCUT2D eigenvalue weighted by atomic mass is 16.1. The fourth-order valence-corrected chi connectivity index (χ4v) is 6.07. The Kier molecular flexibility index (Phi) is 9.06. The number of rotatable bonds is 14. The van der Waals surface area contributed by atoms with E-state index in [0.717, 1.165) is 36.5 Å². The summed E-state index contributed by atoms with van der Waals surface area (Å²) in [4.78, 5) is 23.6. The lowest BCUT2D eigenvalue weighted by Gasteiger charge is -2.39. The van der Waals surface area contributed by atoms with Crippen LogP contribution in [-0.2, 0) is 5.41 Å². The average Bonchev–Trinajstić information content (AvgIpc) is 3.12. The second-order valence-corrected chi connectivity index (χ2v) is 10.2. The first-order valence-electron chi connectivity index (χ1n) is 13.3. The van der Waals surface area contributed by atoms with Crippen molar-refractivity contribution in [2.75, 3.05) is 0 Å². The van der Waals surface area contributed by atoms with E-state index in [1.54, 1.807) is 0 Å². The maximum Gasteiger partial charge on any atom is 0.150 e. The lowest BCUT2D eigenvalue weighted by molar-refractivity contribution is 0.111. The lowest BCUT2D eigenvalue weighted by Crippen LogP contribution is -2.31. The number of fused-ring (bicyclic) bond motifs is 3. The zero-order valence-corrected chi connectivity index (χ0v) is 21.2. The van der Waals surface area contributed by atoms with E-state index in [1.807, 2.05) is 12.1 Å². The van der Waals surface area contributed by atoms with Crippen LogP contribution < -0.4 is 0 Å². The van der Waals surface area contributed by atoms with E-state index < -0.39 is 0 Å². The van der Waals surface area contributed by atoms with Crippen molar-refractivity contribution in [1.82, 2.24) is 0 Å². The molecule has 0 amide bonds. The fraction of sp³-hybridized carbons (Fsp3) is 0.548. The highest BCUT2D eigenvalue weighted by Crippen LogP contribution is 2.56. The monoisotopic (exact) mass is 446 g/mol. The van der Waals surface area contributed by atoms with Crippen LogP contribution in [0.3, 0.4) is 0 Å². The summed E-state index contributed by atoms with van der Waals surface area (Å²) >= 11 is 0. The van der Waals surface area contributed by atoms with Crippen LogP contribution >= 0.6 is 0 Å². The zero-order chi connectivity index (χ0) is 23.8. The van der Waals surface area contributed by atoms with Gasteiger partial charge in [0.05, 0.1) is 0 Å². The third kappa shape index (κ3) is 5.31. The molecule has 2 aromatic carbocycles. The minimum atomic E-state index is -0.133. The van der Waals surface area contributed by atoms with E-state index in [4.69, 9.17) is 0 Å². The second-order valence-electron chi connectivity index (χ2n) is 10.2. The summed E-state index contributed by atoms with van der Waals surface area (Å²) in [6.45, 7) is 9.19. The summed E-state index contributed by atoms with van der Waals surface area (Å²) in [7, 11) is 0. The summed E-state index contributed by atoms with van der Waals surface area (Å²) < 4.78 is 0. The number of carbonyl (C=O) groups excluding carboxylic acids is 2. The van der Waals surface area contributed by atoms with E-state index >= 15 is 0 Å². The largest absolute Gasteiger partial charge is 0.298 e. The van der Waals surface area contributed by atoms with Crippen LogP contribution in [0.15, 0.2) is 36.4 Å². The second kappa shape index (κ2) is 11.8. The summed E-state index contributed by atoms with van der Waals surface area (Å²) in [5, 5.41) is 0. The first-order valence-corrected chi connectivity index (χ1v) is 13.3. The quantitative estimate of drug-likeness (QED) is 0.272. The average molecular weight is 447 g/mol. The number of benzene rings is 2. The summed E-state index contributed by atoms with van der Waals surface area (Å²) in [6, 6.07) is 12.5. The highest BCUT2D eigenvalue weighted by Gasteiger charge is 2.45. The minimum Gasteiger partial charge on any atom is -0.298 e. The van der Waals surface area contributed by atoms with Gasteiger partial charge >= 0.3 is 0 Å². The molecule has 0 aromatic heterocycles. The van der Waals surface area contributed by atoms with Gasteiger partial charge in [0.25, 0.3) is 0 Å². The molecule has 0 saturated carbocycles. The van der Waals surface area contributed by atoms with Crippen LogP contribution in [0.4, 0.5) is 0 Å². The molecule has 2 aromatic rings. The van der Waals surface area contributed by atoms with E-state index in [-0.39, 0.29) is 5.41 Å². The SMILES string of the molecule is CCCCC(CC)CC1(CC(CC)CCCC)c2cc(C=O)ccc2-c2ccc(C=O)cc21. The smallest absolute Gasteiger partial charge is 0.150 e. The van der Waals surface area contributed by atoms with Crippen LogP contribution in [0.5, 0.6) is 0 Å². The number of carbonyl (C=O) groups is 2. The van der Waals surface area contributed by atoms with Gasteiger partial charge in [-0.1, -0.05) is 103 Å². The normalized spacial score (nSPS) is 15.5. The van der Waals surface area contributed by atoms with E-state index in [2.05, 4.69) is 52.0 Å². The molecule has 2 unspecified atom stereocenters. The van der Waals surface area contributed by atoms with Crippen molar-refractivity contribution in [2.45, 2.75) is 97.3 Å². The number of hydrogen-bond donors (Lipinski definition) is 0. The topological polar surface area (TPSA) is 34.1 Å². The van der Waals surface area contributed by atoms with Gasteiger partial charge < -0.3 is 0 Å². The van der Waals surface area contributed by atoms with Crippen LogP contribution in [-0.4, -0.2) is 12.6 Å². The van der Waals surface area contributed by atoms with Gasteiger partial charge in [-0.2, -0.15) is 0 Å². The van der Waals surface area contributed by atoms with Gasteiger partial charge in [0.1, 0.15) is 12.6 Å². The molecule has 0 bridgehead atoms. The molecule has 0 fully saturated rings. The van der Waals surface area contributed by atoms with Crippen molar-refractivity contribution in [2.24, 2.45) is 11.8 Å². The molecule has 1 aliphatic rings. The zero-order valence-electron chi connectivity index (χ0n) is 21.2. The van der Waals surface area contributed by atoms with Crippen LogP contribution in [0.2, 0.25) is 0 Å². The summed E-state index contributed by atoms with van der Waals surface area (Å²) in [5.74, 6) is 1.26. The molecule has 0 heterocycles. The third-order valence-corrected chi connectivity index (χ3v) is 8.04. The Morgan fingerprint density at radius 2 is 1.12 bits per heavy atom. The van der Waals surface area contributed by atoms with Crippen LogP contribution in [0.25, 0.3) is 11.1 Å². The molecule has 0 saturated heterocycles. The van der Waals surface area contributed by atoms with Crippen molar-refractivity contribution < 1.29 is 9.59 Å². The van der Waals surface area contributed by atoms with E-state index in [1.165, 1.54) is 73.6 Å². The van der Waals surface area contributed by atoms with Crippen molar-refractivity contribution in [3.63, 3.8) is 0 Å². The molecule has 2 heteroatoms. The standard InChI is InChI=1S/C31H42O2/c1-5-9-11-23(7-3)19-31(20-24(8-4)12-10-6-2)29-17-25(21-32)13-15-27(29)28-16-14-26(22-33)18-30(28)31/h13-18,21-24H,5-12,19-20H2,1-4H3. The van der Waals surface area contributed by atoms with Gasteiger partial charge in [0, 0.05) is 16.5 Å². The Hall–Kier alpha value is -2.22. The Morgan fingerprint density at radius 3 is 1.45 bits per heavy atom. The molecule has 0 radical (unpaired) electrons. The predicted molar refractivity (Wildman–Crippen MR) is 139 cm³/mol. The molecule has 2 nitrogen and oxygen atoms in total. The fourth-order valence-electron chi connectivity index (χ4n) is 6.07.